The van der Waals surface area contributed by atoms with Crippen molar-refractivity contribution in [2.45, 2.75) is 25.2 Å². The molecular weight excluding hydrogens is 236 g/mol. The molecule has 1 fully saturated rings. The van der Waals surface area contributed by atoms with E-state index >= 15 is 0 Å². The van der Waals surface area contributed by atoms with Gasteiger partial charge in [0.1, 0.15) is 0 Å². The van der Waals surface area contributed by atoms with Crippen molar-refractivity contribution in [2.24, 2.45) is 0 Å². The summed E-state index contributed by atoms with van der Waals surface area (Å²) in [4.78, 5) is 11.8. The number of H-pyrrole nitrogens is 1. The molecule has 6 heteroatoms. The Hall–Kier alpha value is -1.17. The van der Waals surface area contributed by atoms with Crippen molar-refractivity contribution < 1.29 is 4.79 Å². The van der Waals surface area contributed by atoms with Crippen LogP contribution in [0.4, 0.5) is 5.69 Å². The van der Waals surface area contributed by atoms with Crippen LogP contribution < -0.4 is 11.1 Å². The summed E-state index contributed by atoms with van der Waals surface area (Å²) in [5, 5.41) is 9.72. The first-order valence-corrected chi connectivity index (χ1v) is 7.24. The predicted octanol–water partition coefficient (Wildman–Crippen LogP) is 1.35. The van der Waals surface area contributed by atoms with Crippen molar-refractivity contribution in [1.82, 2.24) is 15.5 Å². The van der Waals surface area contributed by atoms with Gasteiger partial charge in [0.2, 0.25) is 0 Å². The van der Waals surface area contributed by atoms with Crippen LogP contribution >= 0.6 is 11.8 Å². The lowest BCUT2D eigenvalue weighted by atomic mass is 10.2. The molecule has 17 heavy (non-hydrogen) atoms. The molecule has 0 saturated heterocycles. The van der Waals surface area contributed by atoms with Gasteiger partial charge in [-0.2, -0.15) is 16.9 Å². The van der Waals surface area contributed by atoms with Gasteiger partial charge in [0.05, 0.1) is 11.4 Å². The summed E-state index contributed by atoms with van der Waals surface area (Å²) in [5.41, 5.74) is 7.71. The molecule has 1 aliphatic rings. The van der Waals surface area contributed by atoms with Crippen molar-refractivity contribution >= 4 is 23.4 Å². The number of nitrogens with two attached hydrogens (primary N) is 1. The molecule has 0 atom stereocenters. The number of aromatic nitrogens is 2. The van der Waals surface area contributed by atoms with Gasteiger partial charge in [0, 0.05) is 12.5 Å². The first-order valence-electron chi connectivity index (χ1n) is 5.85. The number of carbonyl (C=O) groups excluding carboxylic acids is 1. The Morgan fingerprint density at radius 1 is 1.65 bits per heavy atom. The lowest BCUT2D eigenvalue weighted by Crippen LogP contribution is -2.26. The van der Waals surface area contributed by atoms with Gasteiger partial charge in [-0.1, -0.05) is 0 Å². The van der Waals surface area contributed by atoms with Gasteiger partial charge >= 0.3 is 0 Å². The molecule has 0 bridgehead atoms. The SMILES string of the molecule is CSCCCNC(=O)c1n[nH]c(C2CC2)c1N. The maximum absolute atomic E-state index is 11.8. The molecule has 1 aliphatic carbocycles. The van der Waals surface area contributed by atoms with Crippen LogP contribution in [0.15, 0.2) is 0 Å². The summed E-state index contributed by atoms with van der Waals surface area (Å²) in [6, 6.07) is 0. The van der Waals surface area contributed by atoms with Crippen molar-refractivity contribution in [2.75, 3.05) is 24.3 Å². The topological polar surface area (TPSA) is 83.8 Å². The van der Waals surface area contributed by atoms with Crippen molar-refractivity contribution in [3.63, 3.8) is 0 Å². The Bertz CT molecular complexity index is 400. The molecule has 1 heterocycles. The predicted molar refractivity (Wildman–Crippen MR) is 70.3 cm³/mol. The van der Waals surface area contributed by atoms with Crippen LogP contribution in [0.5, 0.6) is 0 Å². The smallest absolute Gasteiger partial charge is 0.273 e. The standard InChI is InChI=1S/C11H18N4OS/c1-17-6-2-5-13-11(16)10-8(12)9(14-15-10)7-3-4-7/h7H,2-6,12H2,1H3,(H,13,16)(H,14,15). The number of rotatable bonds is 6. The number of hydrogen-bond donors (Lipinski definition) is 3. The Morgan fingerprint density at radius 3 is 3.06 bits per heavy atom. The molecule has 2 rings (SSSR count). The maximum Gasteiger partial charge on any atom is 0.273 e. The zero-order valence-electron chi connectivity index (χ0n) is 9.95. The molecule has 4 N–H and O–H groups in total. The lowest BCUT2D eigenvalue weighted by molar-refractivity contribution is 0.0949. The van der Waals surface area contributed by atoms with E-state index in [0.717, 1.165) is 30.7 Å². The van der Waals surface area contributed by atoms with Gasteiger partial charge in [-0.15, -0.1) is 0 Å². The third-order valence-corrected chi connectivity index (χ3v) is 3.54. The van der Waals surface area contributed by atoms with E-state index in [9.17, 15) is 4.79 Å². The van der Waals surface area contributed by atoms with Crippen LogP contribution in [0.25, 0.3) is 0 Å². The summed E-state index contributed by atoms with van der Waals surface area (Å²) < 4.78 is 0. The van der Waals surface area contributed by atoms with Crippen LogP contribution in [0, 0.1) is 0 Å². The van der Waals surface area contributed by atoms with Crippen LogP contribution in [-0.4, -0.2) is 34.7 Å². The van der Waals surface area contributed by atoms with Crippen LogP contribution in [0.2, 0.25) is 0 Å². The van der Waals surface area contributed by atoms with E-state index in [2.05, 4.69) is 21.8 Å². The highest BCUT2D eigenvalue weighted by atomic mass is 32.2. The lowest BCUT2D eigenvalue weighted by Gasteiger charge is -2.02. The Labute approximate surface area is 105 Å². The van der Waals surface area contributed by atoms with Crippen molar-refractivity contribution in [3.8, 4) is 0 Å². The van der Waals surface area contributed by atoms with E-state index in [1.165, 1.54) is 0 Å². The molecule has 0 aromatic carbocycles. The van der Waals surface area contributed by atoms with Crippen LogP contribution in [0.3, 0.4) is 0 Å². The first-order chi connectivity index (χ1) is 8.24. The quantitative estimate of drug-likeness (QED) is 0.669. The van der Waals surface area contributed by atoms with E-state index in [1.807, 2.05) is 0 Å². The van der Waals surface area contributed by atoms with Gasteiger partial charge in [0.25, 0.3) is 5.91 Å². The number of thioether (sulfide) groups is 1. The average Bonchev–Trinajstić information content (AvgIpc) is 3.08. The first kappa shape index (κ1) is 12.3. The van der Waals surface area contributed by atoms with E-state index in [-0.39, 0.29) is 5.91 Å². The summed E-state index contributed by atoms with van der Waals surface area (Å²) in [6.45, 7) is 0.671. The van der Waals surface area contributed by atoms with Crippen molar-refractivity contribution in [1.29, 1.82) is 0 Å². The summed E-state index contributed by atoms with van der Waals surface area (Å²) in [5.74, 6) is 1.36. The largest absolute Gasteiger partial charge is 0.395 e. The summed E-state index contributed by atoms with van der Waals surface area (Å²) in [7, 11) is 0. The summed E-state index contributed by atoms with van der Waals surface area (Å²) >= 11 is 1.77. The molecule has 94 valence electrons. The molecule has 1 saturated carbocycles. The minimum atomic E-state index is -0.174. The van der Waals surface area contributed by atoms with Gasteiger partial charge in [0.15, 0.2) is 5.69 Å². The number of nitrogens with zero attached hydrogens (tertiary/aromatic N) is 1. The minimum absolute atomic E-state index is 0.174. The Balaban J connectivity index is 1.90. The number of aromatic amines is 1. The normalized spacial score (nSPS) is 14.9. The zero-order valence-corrected chi connectivity index (χ0v) is 10.8. The highest BCUT2D eigenvalue weighted by Crippen LogP contribution is 2.42. The molecule has 0 aliphatic heterocycles. The highest BCUT2D eigenvalue weighted by molar-refractivity contribution is 7.98. The maximum atomic E-state index is 11.8. The monoisotopic (exact) mass is 254 g/mol. The molecule has 0 unspecified atom stereocenters. The molecule has 5 nitrogen and oxygen atoms in total. The number of hydrogen-bond acceptors (Lipinski definition) is 4. The molecule has 1 amide bonds. The summed E-state index contributed by atoms with van der Waals surface area (Å²) in [6.07, 6.45) is 5.30. The fourth-order valence-corrected chi connectivity index (χ4v) is 2.16. The molecule has 0 radical (unpaired) electrons. The number of anilines is 1. The van der Waals surface area contributed by atoms with E-state index in [0.29, 0.717) is 23.8 Å². The van der Waals surface area contributed by atoms with Crippen LogP contribution in [-0.2, 0) is 0 Å². The minimum Gasteiger partial charge on any atom is -0.395 e. The average molecular weight is 254 g/mol. The van der Waals surface area contributed by atoms with E-state index < -0.39 is 0 Å². The zero-order chi connectivity index (χ0) is 12.3. The third-order valence-electron chi connectivity index (χ3n) is 2.84. The Morgan fingerprint density at radius 2 is 2.41 bits per heavy atom. The molecule has 0 spiro atoms. The fourth-order valence-electron chi connectivity index (χ4n) is 1.72. The van der Waals surface area contributed by atoms with Gasteiger partial charge in [-0.05, 0) is 31.3 Å². The van der Waals surface area contributed by atoms with Gasteiger partial charge in [-0.3, -0.25) is 9.89 Å². The number of nitrogens with one attached hydrogen (secondary N) is 2. The molecular formula is C11H18N4OS. The van der Waals surface area contributed by atoms with E-state index in [4.69, 9.17) is 5.73 Å². The third kappa shape index (κ3) is 2.94. The van der Waals surface area contributed by atoms with E-state index in [1.54, 1.807) is 11.8 Å². The second-order valence-corrected chi connectivity index (χ2v) is 5.26. The molecule has 1 aromatic heterocycles. The number of nitrogen functional groups attached to an aromatic ring is 1. The second-order valence-electron chi connectivity index (χ2n) is 4.28. The van der Waals surface area contributed by atoms with Gasteiger partial charge < -0.3 is 11.1 Å². The van der Waals surface area contributed by atoms with Gasteiger partial charge in [-0.25, -0.2) is 0 Å². The Kier molecular flexibility index (Phi) is 3.93. The fraction of sp³-hybridized carbons (Fsp3) is 0.636. The second kappa shape index (κ2) is 5.44. The number of amides is 1. The highest BCUT2D eigenvalue weighted by Gasteiger charge is 2.30. The van der Waals surface area contributed by atoms with Crippen LogP contribution in [0.1, 0.15) is 41.4 Å². The number of carbonyl (C=O) groups is 1. The van der Waals surface area contributed by atoms with Crippen molar-refractivity contribution in [3.05, 3.63) is 11.4 Å². The molecule has 1 aromatic rings.